The molecule has 114 valence electrons. The van der Waals surface area contributed by atoms with Gasteiger partial charge < -0.3 is 10.1 Å². The first kappa shape index (κ1) is 19.2. The minimum Gasteiger partial charge on any atom is -0.491 e. The van der Waals surface area contributed by atoms with Crippen LogP contribution in [0.25, 0.3) is 0 Å². The van der Waals surface area contributed by atoms with Gasteiger partial charge in [-0.3, -0.25) is 9.69 Å². The van der Waals surface area contributed by atoms with E-state index < -0.39 is 0 Å². The van der Waals surface area contributed by atoms with E-state index in [9.17, 15) is 4.79 Å². The molecule has 0 amide bonds. The molecular weight excluding hydrogens is 299 g/mol. The number of hydrogen-bond donors (Lipinski definition) is 1. The summed E-state index contributed by atoms with van der Waals surface area (Å²) < 4.78 is 5.72. The van der Waals surface area contributed by atoms with E-state index in [1.807, 2.05) is 24.3 Å². The molecule has 0 bridgehead atoms. The molecule has 6 heteroatoms. The molecule has 0 aromatic heterocycles. The van der Waals surface area contributed by atoms with E-state index in [2.05, 4.69) is 10.2 Å². The van der Waals surface area contributed by atoms with E-state index in [0.717, 1.165) is 32.7 Å². The SMILES string of the molecule is CC(=O)c1ccccc1OCCN1CCNCC1.Cl.Cl. The Morgan fingerprint density at radius 2 is 1.90 bits per heavy atom. The van der Waals surface area contributed by atoms with E-state index in [4.69, 9.17) is 4.74 Å². The summed E-state index contributed by atoms with van der Waals surface area (Å²) in [6.45, 7) is 7.33. The summed E-state index contributed by atoms with van der Waals surface area (Å²) in [5, 5.41) is 3.32. The molecule has 1 aromatic carbocycles. The summed E-state index contributed by atoms with van der Waals surface area (Å²) >= 11 is 0. The van der Waals surface area contributed by atoms with Crippen molar-refractivity contribution >= 4 is 30.6 Å². The summed E-state index contributed by atoms with van der Waals surface area (Å²) in [6, 6.07) is 7.42. The molecule has 0 spiro atoms. The molecule has 2 rings (SSSR count). The van der Waals surface area contributed by atoms with Gasteiger partial charge in [-0.05, 0) is 19.1 Å². The lowest BCUT2D eigenvalue weighted by molar-refractivity contribution is 0.101. The second-order valence-corrected chi connectivity index (χ2v) is 4.49. The van der Waals surface area contributed by atoms with Crippen LogP contribution in [0.1, 0.15) is 17.3 Å². The van der Waals surface area contributed by atoms with Crippen LogP contribution in [0.4, 0.5) is 0 Å². The number of ether oxygens (including phenoxy) is 1. The molecule has 4 nitrogen and oxygen atoms in total. The smallest absolute Gasteiger partial charge is 0.163 e. The lowest BCUT2D eigenvalue weighted by Crippen LogP contribution is -2.44. The molecule has 0 saturated carbocycles. The number of para-hydroxylation sites is 1. The van der Waals surface area contributed by atoms with Gasteiger partial charge in [-0.25, -0.2) is 0 Å². The molecule has 1 fully saturated rings. The number of piperazine rings is 1. The average Bonchev–Trinajstić information content (AvgIpc) is 2.40. The van der Waals surface area contributed by atoms with Crippen LogP contribution in [0, 0.1) is 0 Å². The summed E-state index contributed by atoms with van der Waals surface area (Å²) in [6.07, 6.45) is 0. The number of carbonyl (C=O) groups is 1. The number of nitrogens with one attached hydrogen (secondary N) is 1. The Bertz CT molecular complexity index is 410. The molecule has 1 heterocycles. The number of Topliss-reactive ketones (excluding diaryl/α,β-unsaturated/α-hetero) is 1. The van der Waals surface area contributed by atoms with E-state index in [0.29, 0.717) is 17.9 Å². The maximum atomic E-state index is 11.4. The highest BCUT2D eigenvalue weighted by Gasteiger charge is 2.10. The number of benzene rings is 1. The largest absolute Gasteiger partial charge is 0.491 e. The van der Waals surface area contributed by atoms with Gasteiger partial charge in [0.05, 0.1) is 5.56 Å². The van der Waals surface area contributed by atoms with Crippen molar-refractivity contribution in [3.63, 3.8) is 0 Å². The topological polar surface area (TPSA) is 41.6 Å². The second kappa shape index (κ2) is 10.00. The minimum atomic E-state index is 0. The lowest BCUT2D eigenvalue weighted by Gasteiger charge is -2.27. The van der Waals surface area contributed by atoms with Crippen LogP contribution in [0.15, 0.2) is 24.3 Å². The van der Waals surface area contributed by atoms with E-state index >= 15 is 0 Å². The van der Waals surface area contributed by atoms with Gasteiger partial charge in [0, 0.05) is 32.7 Å². The van der Waals surface area contributed by atoms with E-state index in [-0.39, 0.29) is 30.6 Å². The lowest BCUT2D eigenvalue weighted by atomic mass is 10.1. The van der Waals surface area contributed by atoms with Crippen molar-refractivity contribution in [3.05, 3.63) is 29.8 Å². The molecule has 0 atom stereocenters. The van der Waals surface area contributed by atoms with E-state index in [1.54, 1.807) is 6.92 Å². The average molecular weight is 321 g/mol. The molecule has 0 aliphatic carbocycles. The van der Waals surface area contributed by atoms with Crippen LogP contribution in [-0.2, 0) is 0 Å². The Morgan fingerprint density at radius 3 is 2.55 bits per heavy atom. The van der Waals surface area contributed by atoms with Gasteiger partial charge in [0.2, 0.25) is 0 Å². The number of ketones is 1. The van der Waals surface area contributed by atoms with Gasteiger partial charge in [-0.2, -0.15) is 0 Å². The highest BCUT2D eigenvalue weighted by molar-refractivity contribution is 5.96. The van der Waals surface area contributed by atoms with Crippen LogP contribution in [0.3, 0.4) is 0 Å². The fraction of sp³-hybridized carbons (Fsp3) is 0.500. The number of hydrogen-bond acceptors (Lipinski definition) is 4. The van der Waals surface area contributed by atoms with Crippen LogP contribution in [-0.4, -0.2) is 50.0 Å². The Labute approximate surface area is 132 Å². The second-order valence-electron chi connectivity index (χ2n) is 4.49. The summed E-state index contributed by atoms with van der Waals surface area (Å²) in [5.41, 5.74) is 0.665. The third kappa shape index (κ3) is 5.67. The van der Waals surface area contributed by atoms with Crippen LogP contribution in [0.2, 0.25) is 0 Å². The highest BCUT2D eigenvalue weighted by Crippen LogP contribution is 2.18. The van der Waals surface area contributed by atoms with Crippen molar-refractivity contribution in [2.24, 2.45) is 0 Å². The van der Waals surface area contributed by atoms with Crippen LogP contribution < -0.4 is 10.1 Å². The Kier molecular flexibility index (Phi) is 9.59. The third-order valence-electron chi connectivity index (χ3n) is 3.14. The number of rotatable bonds is 5. The zero-order chi connectivity index (χ0) is 12.8. The zero-order valence-electron chi connectivity index (χ0n) is 11.6. The standard InChI is InChI=1S/C14H20N2O2.2ClH/c1-12(17)13-4-2-3-5-14(13)18-11-10-16-8-6-15-7-9-16;;/h2-5,15H,6-11H2,1H3;2*1H. The zero-order valence-corrected chi connectivity index (χ0v) is 13.3. The van der Waals surface area contributed by atoms with Gasteiger partial charge >= 0.3 is 0 Å². The number of carbonyl (C=O) groups excluding carboxylic acids is 1. The minimum absolute atomic E-state index is 0. The Hall–Kier alpha value is -0.810. The molecule has 0 unspecified atom stereocenters. The number of nitrogens with zero attached hydrogens (tertiary/aromatic N) is 1. The maximum Gasteiger partial charge on any atom is 0.163 e. The van der Waals surface area contributed by atoms with Gasteiger partial charge in [0.1, 0.15) is 12.4 Å². The first-order valence-corrected chi connectivity index (χ1v) is 6.43. The van der Waals surface area contributed by atoms with Gasteiger partial charge in [-0.15, -0.1) is 24.8 Å². The molecule has 1 N–H and O–H groups in total. The van der Waals surface area contributed by atoms with Crippen molar-refractivity contribution in [1.29, 1.82) is 0 Å². The van der Waals surface area contributed by atoms with Gasteiger partial charge in [0.15, 0.2) is 5.78 Å². The van der Waals surface area contributed by atoms with Gasteiger partial charge in [0.25, 0.3) is 0 Å². The van der Waals surface area contributed by atoms with Crippen LogP contribution >= 0.6 is 24.8 Å². The first-order valence-electron chi connectivity index (χ1n) is 6.43. The first-order chi connectivity index (χ1) is 8.77. The van der Waals surface area contributed by atoms with Crippen molar-refractivity contribution < 1.29 is 9.53 Å². The third-order valence-corrected chi connectivity index (χ3v) is 3.14. The van der Waals surface area contributed by atoms with Gasteiger partial charge in [-0.1, -0.05) is 12.1 Å². The van der Waals surface area contributed by atoms with Crippen molar-refractivity contribution in [2.75, 3.05) is 39.3 Å². The summed E-state index contributed by atoms with van der Waals surface area (Å²) in [7, 11) is 0. The predicted octanol–water partition coefficient (Wildman–Crippen LogP) is 2.02. The Morgan fingerprint density at radius 1 is 1.25 bits per heavy atom. The fourth-order valence-electron chi connectivity index (χ4n) is 2.10. The fourth-order valence-corrected chi connectivity index (χ4v) is 2.10. The van der Waals surface area contributed by atoms with Crippen molar-refractivity contribution in [3.8, 4) is 5.75 Å². The van der Waals surface area contributed by atoms with Crippen molar-refractivity contribution in [2.45, 2.75) is 6.92 Å². The molecule has 1 aliphatic rings. The van der Waals surface area contributed by atoms with Crippen LogP contribution in [0.5, 0.6) is 5.75 Å². The quantitative estimate of drug-likeness (QED) is 0.843. The molecule has 0 radical (unpaired) electrons. The Balaban J connectivity index is 0.00000180. The molecule has 1 aliphatic heterocycles. The normalized spacial score (nSPS) is 14.8. The van der Waals surface area contributed by atoms with E-state index in [1.165, 1.54) is 0 Å². The molecule has 20 heavy (non-hydrogen) atoms. The molecular formula is C14H22Cl2N2O2. The number of halogens is 2. The highest BCUT2D eigenvalue weighted by atomic mass is 35.5. The van der Waals surface area contributed by atoms with Crippen molar-refractivity contribution in [1.82, 2.24) is 10.2 Å². The molecule has 1 saturated heterocycles. The molecule has 1 aromatic rings. The maximum absolute atomic E-state index is 11.4. The predicted molar refractivity (Wildman–Crippen MR) is 85.7 cm³/mol. The monoisotopic (exact) mass is 320 g/mol. The summed E-state index contributed by atoms with van der Waals surface area (Å²) in [4.78, 5) is 13.8. The summed E-state index contributed by atoms with van der Waals surface area (Å²) in [5.74, 6) is 0.743.